The Morgan fingerprint density at radius 2 is 1.73 bits per heavy atom. The summed E-state index contributed by atoms with van der Waals surface area (Å²) in [5.41, 5.74) is 0.995. The Bertz CT molecular complexity index is 1330. The van der Waals surface area contributed by atoms with Gasteiger partial charge in [-0.2, -0.15) is 4.31 Å². The van der Waals surface area contributed by atoms with Crippen molar-refractivity contribution in [3.05, 3.63) is 68.0 Å². The molecule has 0 saturated carbocycles. The zero-order valence-corrected chi connectivity index (χ0v) is 20.4. The number of rotatable bonds is 5. The maximum atomic E-state index is 13.1. The van der Waals surface area contributed by atoms with Crippen molar-refractivity contribution in [3.63, 3.8) is 0 Å². The lowest BCUT2D eigenvalue weighted by Gasteiger charge is -2.33. The van der Waals surface area contributed by atoms with Gasteiger partial charge in [0.15, 0.2) is 0 Å². The molecule has 1 aliphatic heterocycles. The fourth-order valence-corrected chi connectivity index (χ4v) is 6.69. The third kappa shape index (κ3) is 4.48. The van der Waals surface area contributed by atoms with E-state index in [0.717, 1.165) is 16.9 Å². The van der Waals surface area contributed by atoms with Crippen molar-refractivity contribution in [2.24, 2.45) is 0 Å². The number of carbonyl (C=O) groups is 1. The van der Waals surface area contributed by atoms with Crippen LogP contribution in [0.3, 0.4) is 0 Å². The minimum Gasteiger partial charge on any atom is -0.335 e. The molecule has 0 N–H and O–H groups in total. The van der Waals surface area contributed by atoms with Crippen molar-refractivity contribution in [2.45, 2.75) is 24.7 Å². The minimum absolute atomic E-state index is 0.0698. The summed E-state index contributed by atoms with van der Waals surface area (Å²) >= 11 is 7.51. The fraction of sp³-hybridized carbons (Fsp3) is 0.318. The molecule has 1 saturated heterocycles. The average Bonchev–Trinajstić information content (AvgIpc) is 3.14. The van der Waals surface area contributed by atoms with E-state index in [4.69, 9.17) is 11.6 Å². The van der Waals surface area contributed by atoms with Crippen LogP contribution in [0, 0.1) is 10.1 Å². The molecule has 0 bridgehead atoms. The number of carbonyl (C=O) groups excluding carboxylic acids is 1. The number of nitrogens with zero attached hydrogens (tertiary/aromatic N) is 3. The number of nitro groups is 1. The number of halogens is 1. The maximum Gasteiger partial charge on any atom is 0.270 e. The van der Waals surface area contributed by atoms with Crippen molar-refractivity contribution < 1.29 is 18.1 Å². The van der Waals surface area contributed by atoms with E-state index < -0.39 is 14.9 Å². The van der Waals surface area contributed by atoms with E-state index in [0.29, 0.717) is 20.9 Å². The summed E-state index contributed by atoms with van der Waals surface area (Å²) in [6.07, 6.45) is 0. The van der Waals surface area contributed by atoms with Gasteiger partial charge in [0.2, 0.25) is 10.0 Å². The number of hydrogen-bond donors (Lipinski definition) is 0. The van der Waals surface area contributed by atoms with E-state index in [1.54, 1.807) is 17.0 Å². The molecule has 0 spiro atoms. The summed E-state index contributed by atoms with van der Waals surface area (Å²) < 4.78 is 28.0. The molecule has 2 aromatic carbocycles. The number of fused-ring (bicyclic) bond motifs is 1. The zero-order valence-electron chi connectivity index (χ0n) is 18.0. The predicted molar refractivity (Wildman–Crippen MR) is 129 cm³/mol. The van der Waals surface area contributed by atoms with Crippen LogP contribution in [-0.4, -0.2) is 54.6 Å². The van der Waals surface area contributed by atoms with Crippen LogP contribution in [0.2, 0.25) is 5.02 Å². The second-order valence-corrected chi connectivity index (χ2v) is 11.5. The molecule has 4 rings (SSSR count). The second-order valence-electron chi connectivity index (χ2n) is 8.10. The lowest BCUT2D eigenvalue weighted by atomic mass is 10.0. The number of thiophene rings is 1. The molecular formula is C22H22ClN3O5S2. The second kappa shape index (κ2) is 9.02. The van der Waals surface area contributed by atoms with E-state index in [2.05, 4.69) is 0 Å². The highest BCUT2D eigenvalue weighted by Gasteiger charge is 2.32. The summed E-state index contributed by atoms with van der Waals surface area (Å²) in [7, 11) is -3.65. The molecule has 0 unspecified atom stereocenters. The van der Waals surface area contributed by atoms with Gasteiger partial charge in [0.1, 0.15) is 4.88 Å². The van der Waals surface area contributed by atoms with Crippen LogP contribution < -0.4 is 0 Å². The molecule has 0 radical (unpaired) electrons. The van der Waals surface area contributed by atoms with Gasteiger partial charge in [0.25, 0.3) is 11.6 Å². The van der Waals surface area contributed by atoms with Gasteiger partial charge < -0.3 is 4.90 Å². The van der Waals surface area contributed by atoms with Gasteiger partial charge in [-0.1, -0.05) is 37.6 Å². The zero-order chi connectivity index (χ0) is 23.9. The Balaban J connectivity index is 1.49. The highest BCUT2D eigenvalue weighted by molar-refractivity contribution is 7.89. The van der Waals surface area contributed by atoms with Crippen LogP contribution >= 0.6 is 22.9 Å². The first-order valence-electron chi connectivity index (χ1n) is 10.4. The molecular weight excluding hydrogens is 486 g/mol. The van der Waals surface area contributed by atoms with Gasteiger partial charge in [-0.25, -0.2) is 8.42 Å². The summed E-state index contributed by atoms with van der Waals surface area (Å²) in [5.74, 6) is 0.00496. The molecule has 174 valence electrons. The Hall–Kier alpha value is -2.53. The maximum absolute atomic E-state index is 13.1. The molecule has 1 aliphatic rings. The molecule has 11 heteroatoms. The molecule has 2 heterocycles. The van der Waals surface area contributed by atoms with Gasteiger partial charge in [-0.3, -0.25) is 14.9 Å². The number of nitro benzene ring substituents is 1. The third-order valence-corrected chi connectivity index (χ3v) is 9.29. The van der Waals surface area contributed by atoms with Gasteiger partial charge >= 0.3 is 0 Å². The van der Waals surface area contributed by atoms with Gasteiger partial charge in [-0.05, 0) is 29.7 Å². The fourth-order valence-electron chi connectivity index (χ4n) is 3.75. The van der Waals surface area contributed by atoms with Crippen molar-refractivity contribution in [2.75, 3.05) is 26.2 Å². The summed E-state index contributed by atoms with van der Waals surface area (Å²) in [6.45, 7) is 4.90. The Morgan fingerprint density at radius 1 is 1.09 bits per heavy atom. The largest absolute Gasteiger partial charge is 0.335 e. The molecule has 3 aromatic rings. The van der Waals surface area contributed by atoms with E-state index in [1.807, 2.05) is 26.0 Å². The van der Waals surface area contributed by atoms with Crippen molar-refractivity contribution in [3.8, 4) is 0 Å². The molecule has 0 atom stereocenters. The van der Waals surface area contributed by atoms with Crippen LogP contribution in [0.15, 0.2) is 47.4 Å². The summed E-state index contributed by atoms with van der Waals surface area (Å²) in [4.78, 5) is 25.7. The van der Waals surface area contributed by atoms with E-state index >= 15 is 0 Å². The number of benzene rings is 2. The number of hydrogen-bond acceptors (Lipinski definition) is 6. The standard InChI is InChI=1S/C22H22ClN3O5S2/c1-14(2)15-3-6-17(7-4-15)33(30,31)25-11-9-24(10-12-25)22(27)21-20(23)18-8-5-16(26(28)29)13-19(18)32-21/h3-8,13-14H,9-12H2,1-2H3. The van der Waals surface area contributed by atoms with Gasteiger partial charge in [0.05, 0.1) is 14.8 Å². The normalized spacial score (nSPS) is 15.3. The quantitative estimate of drug-likeness (QED) is 0.367. The van der Waals surface area contributed by atoms with Gasteiger partial charge in [0, 0.05) is 48.4 Å². The number of piperazine rings is 1. The molecule has 33 heavy (non-hydrogen) atoms. The Kier molecular flexibility index (Phi) is 6.45. The van der Waals surface area contributed by atoms with Crippen LogP contribution in [0.25, 0.3) is 10.1 Å². The monoisotopic (exact) mass is 507 g/mol. The van der Waals surface area contributed by atoms with Crippen molar-refractivity contribution >= 4 is 54.6 Å². The van der Waals surface area contributed by atoms with Crippen LogP contribution in [0.4, 0.5) is 5.69 Å². The minimum atomic E-state index is -3.65. The predicted octanol–water partition coefficient (Wildman–Crippen LogP) is 4.73. The summed E-state index contributed by atoms with van der Waals surface area (Å²) in [5, 5.41) is 11.9. The lowest BCUT2D eigenvalue weighted by Crippen LogP contribution is -2.50. The van der Waals surface area contributed by atoms with Crippen LogP contribution in [0.5, 0.6) is 0 Å². The SMILES string of the molecule is CC(C)c1ccc(S(=O)(=O)N2CCN(C(=O)c3sc4cc([N+](=O)[O-])ccc4c3Cl)CC2)cc1. The van der Waals surface area contributed by atoms with Crippen LogP contribution in [-0.2, 0) is 10.0 Å². The average molecular weight is 508 g/mol. The molecule has 1 aromatic heterocycles. The first kappa shape index (κ1) is 23.6. The molecule has 1 fully saturated rings. The molecule has 8 nitrogen and oxygen atoms in total. The van der Waals surface area contributed by atoms with Crippen molar-refractivity contribution in [1.82, 2.24) is 9.21 Å². The Labute approximate surface area is 200 Å². The number of non-ortho nitro benzene ring substituents is 1. The lowest BCUT2D eigenvalue weighted by molar-refractivity contribution is -0.384. The van der Waals surface area contributed by atoms with E-state index in [9.17, 15) is 23.3 Å². The Morgan fingerprint density at radius 3 is 2.30 bits per heavy atom. The molecule has 0 aliphatic carbocycles. The topological polar surface area (TPSA) is 101 Å². The number of sulfonamides is 1. The third-order valence-electron chi connectivity index (χ3n) is 5.73. The summed E-state index contributed by atoms with van der Waals surface area (Å²) in [6, 6.07) is 11.2. The highest BCUT2D eigenvalue weighted by Crippen LogP contribution is 2.38. The van der Waals surface area contributed by atoms with Crippen LogP contribution in [0.1, 0.15) is 35.0 Å². The van der Waals surface area contributed by atoms with Gasteiger partial charge in [-0.15, -0.1) is 11.3 Å². The first-order valence-corrected chi connectivity index (χ1v) is 13.0. The highest BCUT2D eigenvalue weighted by atomic mass is 35.5. The smallest absolute Gasteiger partial charge is 0.270 e. The van der Waals surface area contributed by atoms with Crippen molar-refractivity contribution in [1.29, 1.82) is 0 Å². The van der Waals surface area contributed by atoms with E-state index in [1.165, 1.54) is 22.5 Å². The number of amides is 1. The molecule has 1 amide bonds. The van der Waals surface area contributed by atoms with E-state index in [-0.39, 0.29) is 47.7 Å². The first-order chi connectivity index (χ1) is 15.6.